The van der Waals surface area contributed by atoms with E-state index in [-0.39, 0.29) is 5.69 Å². The summed E-state index contributed by atoms with van der Waals surface area (Å²) in [4.78, 5) is 11.9. The number of para-hydroxylation sites is 1. The van der Waals surface area contributed by atoms with Gasteiger partial charge in [-0.2, -0.15) is 4.31 Å². The minimum Gasteiger partial charge on any atom is -0.322 e. The predicted molar refractivity (Wildman–Crippen MR) is 92.1 cm³/mol. The summed E-state index contributed by atoms with van der Waals surface area (Å²) in [7, 11) is -2.47. The number of benzene rings is 2. The van der Waals surface area contributed by atoms with Crippen LogP contribution in [0.4, 0.5) is 10.1 Å². The van der Waals surface area contributed by atoms with E-state index in [0.717, 1.165) is 15.3 Å². The zero-order valence-corrected chi connectivity index (χ0v) is 13.8. The Morgan fingerprint density at radius 1 is 1.12 bits per heavy atom. The second-order valence-electron chi connectivity index (χ2n) is 5.04. The Bertz CT molecular complexity index is 836. The highest BCUT2D eigenvalue weighted by Crippen LogP contribution is 2.12. The fraction of sp³-hybridized carbons (Fsp3) is 0.118. The molecule has 5 nitrogen and oxygen atoms in total. The zero-order valence-electron chi connectivity index (χ0n) is 13.0. The SMILES string of the molecule is CN(CC(=O)Nc1ccccc1F)S(=O)(=O)/C=C/c1ccccc1. The van der Waals surface area contributed by atoms with Crippen molar-refractivity contribution in [1.82, 2.24) is 4.31 Å². The number of hydrogen-bond donors (Lipinski definition) is 1. The lowest BCUT2D eigenvalue weighted by molar-refractivity contribution is -0.116. The third-order valence-corrected chi connectivity index (χ3v) is 4.66. The molecule has 0 heterocycles. The molecule has 0 spiro atoms. The Labute approximate surface area is 140 Å². The zero-order chi connectivity index (χ0) is 17.6. The van der Waals surface area contributed by atoms with Gasteiger partial charge in [0.2, 0.25) is 15.9 Å². The number of amides is 1. The summed E-state index contributed by atoms with van der Waals surface area (Å²) >= 11 is 0. The largest absolute Gasteiger partial charge is 0.322 e. The Hall–Kier alpha value is -2.51. The molecule has 0 saturated heterocycles. The first-order chi connectivity index (χ1) is 11.4. The van der Waals surface area contributed by atoms with Gasteiger partial charge in [-0.1, -0.05) is 42.5 Å². The van der Waals surface area contributed by atoms with Crippen LogP contribution < -0.4 is 5.32 Å². The summed E-state index contributed by atoms with van der Waals surface area (Å²) in [5.74, 6) is -1.21. The van der Waals surface area contributed by atoms with Crippen LogP contribution in [0.3, 0.4) is 0 Å². The van der Waals surface area contributed by atoms with Crippen molar-refractivity contribution in [3.8, 4) is 0 Å². The van der Waals surface area contributed by atoms with E-state index in [4.69, 9.17) is 0 Å². The average molecular weight is 348 g/mol. The molecule has 24 heavy (non-hydrogen) atoms. The number of anilines is 1. The molecule has 0 fully saturated rings. The molecule has 1 amide bonds. The Balaban J connectivity index is 2.00. The van der Waals surface area contributed by atoms with Gasteiger partial charge in [0.05, 0.1) is 12.2 Å². The van der Waals surface area contributed by atoms with Crippen molar-refractivity contribution in [2.24, 2.45) is 0 Å². The van der Waals surface area contributed by atoms with E-state index in [1.54, 1.807) is 30.3 Å². The van der Waals surface area contributed by atoms with Crippen LogP contribution in [0.15, 0.2) is 60.0 Å². The minimum atomic E-state index is -3.76. The van der Waals surface area contributed by atoms with Gasteiger partial charge in [-0.15, -0.1) is 0 Å². The molecule has 0 aromatic heterocycles. The normalized spacial score (nSPS) is 11.8. The van der Waals surface area contributed by atoms with Crippen LogP contribution in [-0.4, -0.2) is 32.2 Å². The molecule has 7 heteroatoms. The summed E-state index contributed by atoms with van der Waals surface area (Å²) in [6.07, 6.45) is 1.45. The van der Waals surface area contributed by atoms with E-state index in [9.17, 15) is 17.6 Å². The van der Waals surface area contributed by atoms with E-state index in [2.05, 4.69) is 5.32 Å². The maximum atomic E-state index is 13.5. The van der Waals surface area contributed by atoms with Crippen LogP contribution in [0, 0.1) is 5.82 Å². The second kappa shape index (κ2) is 7.85. The van der Waals surface area contributed by atoms with Crippen molar-refractivity contribution < 1.29 is 17.6 Å². The maximum absolute atomic E-state index is 13.5. The van der Waals surface area contributed by atoms with Gasteiger partial charge in [-0.05, 0) is 23.8 Å². The van der Waals surface area contributed by atoms with Gasteiger partial charge in [0, 0.05) is 12.5 Å². The van der Waals surface area contributed by atoms with Crippen LogP contribution in [-0.2, 0) is 14.8 Å². The molecule has 2 aromatic rings. The van der Waals surface area contributed by atoms with E-state index in [1.165, 1.54) is 31.3 Å². The quantitative estimate of drug-likeness (QED) is 0.873. The molecule has 0 aliphatic heterocycles. The van der Waals surface area contributed by atoms with Gasteiger partial charge in [0.1, 0.15) is 5.82 Å². The van der Waals surface area contributed by atoms with E-state index >= 15 is 0 Å². The highest BCUT2D eigenvalue weighted by atomic mass is 32.2. The Morgan fingerprint density at radius 2 is 1.75 bits per heavy atom. The average Bonchev–Trinajstić information content (AvgIpc) is 2.56. The third kappa shape index (κ3) is 5.00. The van der Waals surface area contributed by atoms with E-state index in [1.807, 2.05) is 6.07 Å². The highest BCUT2D eigenvalue weighted by Gasteiger charge is 2.18. The number of hydrogen-bond acceptors (Lipinski definition) is 3. The molecule has 0 saturated carbocycles. The molecular formula is C17H17FN2O3S. The number of halogens is 1. The molecule has 0 unspecified atom stereocenters. The first-order valence-corrected chi connectivity index (χ1v) is 8.62. The lowest BCUT2D eigenvalue weighted by Crippen LogP contribution is -2.33. The van der Waals surface area contributed by atoms with Gasteiger partial charge < -0.3 is 5.32 Å². The van der Waals surface area contributed by atoms with Crippen molar-refractivity contribution in [3.63, 3.8) is 0 Å². The molecule has 0 aliphatic carbocycles. The van der Waals surface area contributed by atoms with Crippen LogP contribution in [0.25, 0.3) is 6.08 Å². The van der Waals surface area contributed by atoms with Crippen molar-refractivity contribution in [1.29, 1.82) is 0 Å². The number of carbonyl (C=O) groups is 1. The third-order valence-electron chi connectivity index (χ3n) is 3.18. The molecule has 2 rings (SSSR count). The van der Waals surface area contributed by atoms with E-state index < -0.39 is 28.3 Å². The Kier molecular flexibility index (Phi) is 5.83. The molecule has 0 aliphatic rings. The topological polar surface area (TPSA) is 66.5 Å². The summed E-state index contributed by atoms with van der Waals surface area (Å²) in [5, 5.41) is 3.37. The van der Waals surface area contributed by atoms with Crippen molar-refractivity contribution in [2.45, 2.75) is 0 Å². The molecule has 126 valence electrons. The molecule has 2 aromatic carbocycles. The van der Waals surface area contributed by atoms with Gasteiger partial charge in [0.25, 0.3) is 0 Å². The molecule has 1 N–H and O–H groups in total. The fourth-order valence-electron chi connectivity index (χ4n) is 1.88. The molecule has 0 atom stereocenters. The lowest BCUT2D eigenvalue weighted by Gasteiger charge is -2.14. The summed E-state index contributed by atoms with van der Waals surface area (Å²) in [6.45, 7) is -0.421. The summed E-state index contributed by atoms with van der Waals surface area (Å²) in [5.41, 5.74) is 0.735. The van der Waals surface area contributed by atoms with Gasteiger partial charge in [0.15, 0.2) is 0 Å². The molecular weight excluding hydrogens is 331 g/mol. The summed E-state index contributed by atoms with van der Waals surface area (Å²) in [6, 6.07) is 14.6. The monoisotopic (exact) mass is 348 g/mol. The smallest absolute Gasteiger partial charge is 0.239 e. The number of nitrogens with one attached hydrogen (secondary N) is 1. The van der Waals surface area contributed by atoms with Crippen LogP contribution in [0.1, 0.15) is 5.56 Å². The molecule has 0 bridgehead atoms. The second-order valence-corrected chi connectivity index (χ2v) is 6.97. The van der Waals surface area contributed by atoms with Crippen LogP contribution >= 0.6 is 0 Å². The number of rotatable bonds is 6. The lowest BCUT2D eigenvalue weighted by atomic mass is 10.2. The first kappa shape index (κ1) is 17.8. The first-order valence-electron chi connectivity index (χ1n) is 7.12. The van der Waals surface area contributed by atoms with Crippen molar-refractivity contribution >= 4 is 27.7 Å². The van der Waals surface area contributed by atoms with E-state index in [0.29, 0.717) is 0 Å². The minimum absolute atomic E-state index is 0.00752. The highest BCUT2D eigenvalue weighted by molar-refractivity contribution is 7.92. The van der Waals surface area contributed by atoms with Crippen molar-refractivity contribution in [2.75, 3.05) is 18.9 Å². The van der Waals surface area contributed by atoms with Crippen LogP contribution in [0.2, 0.25) is 0 Å². The van der Waals surface area contributed by atoms with Gasteiger partial charge in [-0.25, -0.2) is 12.8 Å². The number of carbonyl (C=O) groups excluding carboxylic acids is 1. The van der Waals surface area contributed by atoms with Crippen LogP contribution in [0.5, 0.6) is 0 Å². The van der Waals surface area contributed by atoms with Gasteiger partial charge >= 0.3 is 0 Å². The standard InChI is InChI=1S/C17H17FN2O3S/c1-20(13-17(21)19-16-10-6-5-9-15(16)18)24(22,23)12-11-14-7-3-2-4-8-14/h2-12H,13H2,1H3,(H,19,21)/b12-11+. The maximum Gasteiger partial charge on any atom is 0.239 e. The number of likely N-dealkylation sites (N-methyl/N-ethyl adjacent to an activating group) is 1. The fourth-order valence-corrected chi connectivity index (χ4v) is 2.71. The predicted octanol–water partition coefficient (Wildman–Crippen LogP) is 2.70. The molecule has 0 radical (unpaired) electrons. The van der Waals surface area contributed by atoms with Gasteiger partial charge in [-0.3, -0.25) is 4.79 Å². The number of nitrogens with zero attached hydrogens (tertiary/aromatic N) is 1. The number of sulfonamides is 1. The Morgan fingerprint density at radius 3 is 2.42 bits per heavy atom. The summed E-state index contributed by atoms with van der Waals surface area (Å²) < 4.78 is 38.7. The van der Waals surface area contributed by atoms with Crippen molar-refractivity contribution in [3.05, 3.63) is 71.4 Å².